The third-order valence-electron chi connectivity index (χ3n) is 1.77. The molecule has 0 atom stereocenters. The highest BCUT2D eigenvalue weighted by molar-refractivity contribution is 7.14. The first-order valence-electron chi connectivity index (χ1n) is 6.84. The maximum atomic E-state index is 11.5. The summed E-state index contributed by atoms with van der Waals surface area (Å²) >= 11 is 1.01. The molecule has 2 heteroatoms. The summed E-state index contributed by atoms with van der Waals surface area (Å²) in [7, 11) is 0. The van der Waals surface area contributed by atoms with Crippen molar-refractivity contribution in [2.75, 3.05) is 0 Å². The Morgan fingerprint density at radius 3 is 3.31 bits per heavy atom. The summed E-state index contributed by atoms with van der Waals surface area (Å²) in [5, 5.41) is 0. The van der Waals surface area contributed by atoms with E-state index in [1.165, 1.54) is 6.07 Å². The fraction of sp³-hybridized carbons (Fsp3) is 0.364. The van der Waals surface area contributed by atoms with Crippen molar-refractivity contribution < 1.29 is 13.0 Å². The largest absolute Gasteiger partial charge is 0.288 e. The SMILES string of the molecule is [2H]C1([2H])Cc2sc(C(=O)C=C)cc2C([2H])([2H])C1([2H])[2H]. The van der Waals surface area contributed by atoms with Crippen molar-refractivity contribution in [3.63, 3.8) is 0 Å². The van der Waals surface area contributed by atoms with Crippen LogP contribution in [0.2, 0.25) is 0 Å². The smallest absolute Gasteiger partial charge is 0.195 e. The predicted octanol–water partition coefficient (Wildman–Crippen LogP) is 3.00. The van der Waals surface area contributed by atoms with Crippen molar-refractivity contribution in [2.24, 2.45) is 0 Å². The molecule has 0 aliphatic heterocycles. The van der Waals surface area contributed by atoms with Gasteiger partial charge in [0.05, 0.1) is 4.88 Å². The molecule has 1 aliphatic rings. The van der Waals surface area contributed by atoms with E-state index >= 15 is 0 Å². The summed E-state index contributed by atoms with van der Waals surface area (Å²) in [6.07, 6.45) is -6.56. The molecule has 0 saturated heterocycles. The van der Waals surface area contributed by atoms with Gasteiger partial charge in [-0.05, 0) is 43.2 Å². The summed E-state index contributed by atoms with van der Waals surface area (Å²) in [6, 6.07) is 1.32. The molecule has 1 aliphatic carbocycles. The first kappa shape index (κ1) is 4.09. The topological polar surface area (TPSA) is 17.1 Å². The molecule has 1 aromatic heterocycles. The number of hydrogen-bond acceptors (Lipinski definition) is 2. The monoisotopic (exact) mass is 198 g/mol. The summed E-state index contributed by atoms with van der Waals surface area (Å²) in [5.41, 5.74) is 0.0721. The molecule has 1 nitrogen and oxygen atoms in total. The molecule has 0 saturated carbocycles. The predicted molar refractivity (Wildman–Crippen MR) is 55.5 cm³/mol. The third-order valence-corrected chi connectivity index (χ3v) is 2.92. The van der Waals surface area contributed by atoms with E-state index in [1.54, 1.807) is 0 Å². The number of ketones is 1. The Balaban J connectivity index is 2.64. The van der Waals surface area contributed by atoms with E-state index in [1.807, 2.05) is 0 Å². The van der Waals surface area contributed by atoms with Gasteiger partial charge in [-0.3, -0.25) is 4.79 Å². The van der Waals surface area contributed by atoms with Gasteiger partial charge in [-0.15, -0.1) is 11.3 Å². The van der Waals surface area contributed by atoms with Crippen LogP contribution in [0.15, 0.2) is 18.7 Å². The number of rotatable bonds is 2. The van der Waals surface area contributed by atoms with Gasteiger partial charge in [0.1, 0.15) is 0 Å². The van der Waals surface area contributed by atoms with E-state index in [0.29, 0.717) is 4.88 Å². The first-order valence-corrected chi connectivity index (χ1v) is 4.66. The second kappa shape index (κ2) is 3.46. The Morgan fingerprint density at radius 2 is 2.54 bits per heavy atom. The van der Waals surface area contributed by atoms with Gasteiger partial charge < -0.3 is 0 Å². The summed E-state index contributed by atoms with van der Waals surface area (Å²) in [4.78, 5) is 12.2. The van der Waals surface area contributed by atoms with Crippen LogP contribution in [0.1, 0.15) is 41.1 Å². The molecule has 0 unspecified atom stereocenters. The molecule has 0 spiro atoms. The molecule has 1 heterocycles. The first-order chi connectivity index (χ1) is 8.54. The third kappa shape index (κ3) is 1.59. The van der Waals surface area contributed by atoms with E-state index in [0.717, 1.165) is 17.4 Å². The normalized spacial score (nSPS) is 33.5. The molecule has 13 heavy (non-hydrogen) atoms. The standard InChI is InChI=1S/C11H12OS/c1-2-9(12)11-7-8-5-3-4-6-10(8)13-11/h2,7H,1,3-6H2/i3D2,4D2,5D2. The maximum absolute atomic E-state index is 11.5. The number of aryl methyl sites for hydroxylation is 2. The Kier molecular flexibility index (Phi) is 1.09. The van der Waals surface area contributed by atoms with Gasteiger partial charge in [-0.2, -0.15) is 0 Å². The highest BCUT2D eigenvalue weighted by Crippen LogP contribution is 2.29. The van der Waals surface area contributed by atoms with Gasteiger partial charge in [0, 0.05) is 13.1 Å². The second-order valence-corrected chi connectivity index (χ2v) is 3.76. The van der Waals surface area contributed by atoms with E-state index in [2.05, 4.69) is 6.58 Å². The molecule has 0 N–H and O–H groups in total. The minimum Gasteiger partial charge on any atom is -0.288 e. The summed E-state index contributed by atoms with van der Waals surface area (Å²) < 4.78 is 46.7. The van der Waals surface area contributed by atoms with Crippen LogP contribution in [0.5, 0.6) is 0 Å². The molecular formula is C11H12OS. The molecule has 0 aromatic carbocycles. The van der Waals surface area contributed by atoms with E-state index in [-0.39, 0.29) is 22.6 Å². The van der Waals surface area contributed by atoms with Gasteiger partial charge in [0.15, 0.2) is 5.78 Å². The van der Waals surface area contributed by atoms with Crippen molar-refractivity contribution >= 4 is 17.1 Å². The van der Waals surface area contributed by atoms with Crippen molar-refractivity contribution in [1.82, 2.24) is 0 Å². The van der Waals surface area contributed by atoms with Crippen LogP contribution < -0.4 is 0 Å². The highest BCUT2D eigenvalue weighted by Gasteiger charge is 2.15. The summed E-state index contributed by atoms with van der Waals surface area (Å²) in [5.74, 6) is -0.365. The van der Waals surface area contributed by atoms with Crippen LogP contribution in [-0.2, 0) is 12.8 Å². The Hall–Kier alpha value is -0.890. The van der Waals surface area contributed by atoms with Crippen LogP contribution in [0.4, 0.5) is 0 Å². The minimum atomic E-state index is -2.65. The van der Waals surface area contributed by atoms with Crippen molar-refractivity contribution in [1.29, 1.82) is 0 Å². The van der Waals surface area contributed by atoms with Crippen LogP contribution in [0.3, 0.4) is 0 Å². The number of allylic oxidation sites excluding steroid dienone is 1. The second-order valence-electron chi connectivity index (χ2n) is 2.62. The molecule has 0 fully saturated rings. The Bertz CT molecular complexity index is 560. The summed E-state index contributed by atoms with van der Waals surface area (Å²) in [6.45, 7) is 3.35. The molecule has 0 amide bonds. The molecule has 2 rings (SSSR count). The molecule has 0 bridgehead atoms. The minimum absolute atomic E-state index is 0.0721. The quantitative estimate of drug-likeness (QED) is 0.527. The number of hydrogen-bond donors (Lipinski definition) is 0. The van der Waals surface area contributed by atoms with Crippen molar-refractivity contribution in [2.45, 2.75) is 25.5 Å². The van der Waals surface area contributed by atoms with E-state index < -0.39 is 19.1 Å². The lowest BCUT2D eigenvalue weighted by Crippen LogP contribution is -1.96. The number of carbonyl (C=O) groups is 1. The van der Waals surface area contributed by atoms with Crippen LogP contribution in [0, 0.1) is 0 Å². The molecular weight excluding hydrogens is 180 g/mol. The van der Waals surface area contributed by atoms with Crippen LogP contribution >= 0.6 is 11.3 Å². The zero-order valence-corrected chi connectivity index (χ0v) is 7.70. The van der Waals surface area contributed by atoms with Gasteiger partial charge in [-0.1, -0.05) is 6.58 Å². The molecule has 1 aromatic rings. The lowest BCUT2D eigenvalue weighted by Gasteiger charge is -2.08. The maximum Gasteiger partial charge on any atom is 0.195 e. The average Bonchev–Trinajstić information content (AvgIpc) is 2.70. The number of fused-ring (bicyclic) bond motifs is 1. The Morgan fingerprint density at radius 1 is 1.69 bits per heavy atom. The number of carbonyl (C=O) groups excluding carboxylic acids is 1. The van der Waals surface area contributed by atoms with Gasteiger partial charge in [-0.25, -0.2) is 0 Å². The van der Waals surface area contributed by atoms with Crippen LogP contribution in [-0.4, -0.2) is 5.78 Å². The average molecular weight is 198 g/mol. The lowest BCUT2D eigenvalue weighted by molar-refractivity contribution is 0.105. The van der Waals surface area contributed by atoms with Crippen molar-refractivity contribution in [3.05, 3.63) is 34.0 Å². The van der Waals surface area contributed by atoms with E-state index in [9.17, 15) is 4.79 Å². The zero-order chi connectivity index (χ0) is 14.6. The van der Waals surface area contributed by atoms with Gasteiger partial charge >= 0.3 is 0 Å². The number of thiophene rings is 1. The fourth-order valence-corrected chi connectivity index (χ4v) is 2.11. The fourth-order valence-electron chi connectivity index (χ4n) is 1.12. The van der Waals surface area contributed by atoms with E-state index in [4.69, 9.17) is 8.22 Å². The zero-order valence-electron chi connectivity index (χ0n) is 12.9. The Labute approximate surface area is 90.5 Å². The highest BCUT2D eigenvalue weighted by atomic mass is 32.1. The van der Waals surface area contributed by atoms with Crippen molar-refractivity contribution in [3.8, 4) is 0 Å². The molecule has 68 valence electrons. The lowest BCUT2D eigenvalue weighted by atomic mass is 9.99. The van der Waals surface area contributed by atoms with Crippen LogP contribution in [0.25, 0.3) is 0 Å². The molecule has 0 radical (unpaired) electrons. The van der Waals surface area contributed by atoms with Gasteiger partial charge in [0.25, 0.3) is 0 Å². The van der Waals surface area contributed by atoms with Gasteiger partial charge in [0.2, 0.25) is 0 Å².